The molecule has 0 saturated carbocycles. The summed E-state index contributed by atoms with van der Waals surface area (Å²) >= 11 is 7.98. The Hall–Kier alpha value is -1.98. The molecule has 1 saturated heterocycles. The van der Waals surface area contributed by atoms with E-state index in [9.17, 15) is 0 Å². The van der Waals surface area contributed by atoms with Crippen LogP contribution in [0.1, 0.15) is 24.4 Å². The van der Waals surface area contributed by atoms with E-state index < -0.39 is 0 Å². The second-order valence-electron chi connectivity index (χ2n) is 6.70. The van der Waals surface area contributed by atoms with Gasteiger partial charge in [0.15, 0.2) is 5.17 Å². The van der Waals surface area contributed by atoms with Crippen molar-refractivity contribution in [1.29, 1.82) is 0 Å². The second-order valence-corrected chi connectivity index (χ2v) is 8.24. The molecule has 132 valence electrons. The topological polar surface area (TPSA) is 31.2 Å². The van der Waals surface area contributed by atoms with Crippen LogP contribution in [0.5, 0.6) is 0 Å². The van der Waals surface area contributed by atoms with Crippen molar-refractivity contribution < 1.29 is 0 Å². The normalized spacial score (nSPS) is 24.7. The Balaban J connectivity index is 1.59. The highest BCUT2D eigenvalue weighted by Gasteiger charge is 2.48. The average Bonchev–Trinajstić information content (AvgIpc) is 3.10. The van der Waals surface area contributed by atoms with Crippen LogP contribution in [0.25, 0.3) is 0 Å². The van der Waals surface area contributed by atoms with Crippen LogP contribution < -0.4 is 5.01 Å². The Morgan fingerprint density at radius 3 is 2.62 bits per heavy atom. The third kappa shape index (κ3) is 2.70. The first-order valence-electron chi connectivity index (χ1n) is 8.98. The molecule has 0 bridgehead atoms. The van der Waals surface area contributed by atoms with E-state index in [0.29, 0.717) is 0 Å². The van der Waals surface area contributed by atoms with Gasteiger partial charge in [-0.05, 0) is 42.7 Å². The number of para-hydroxylation sites is 1. The number of benzene rings is 2. The highest BCUT2D eigenvalue weighted by molar-refractivity contribution is 8.15. The molecule has 0 amide bonds. The van der Waals surface area contributed by atoms with Gasteiger partial charge in [-0.3, -0.25) is 10.0 Å². The van der Waals surface area contributed by atoms with Gasteiger partial charge in [0.2, 0.25) is 0 Å². The third-order valence-corrected chi connectivity index (χ3v) is 6.56. The number of hydrazone groups is 1. The summed E-state index contributed by atoms with van der Waals surface area (Å²) in [6.07, 6.45) is 2.32. The average molecular weight is 383 g/mol. The molecule has 0 radical (unpaired) electrons. The van der Waals surface area contributed by atoms with E-state index in [2.05, 4.69) is 46.3 Å². The predicted molar refractivity (Wildman–Crippen MR) is 110 cm³/mol. The van der Waals surface area contributed by atoms with Gasteiger partial charge >= 0.3 is 0 Å². The maximum absolute atomic E-state index is 6.13. The highest BCUT2D eigenvalue weighted by atomic mass is 35.5. The Kier molecular flexibility index (Phi) is 4.14. The van der Waals surface area contributed by atoms with Crippen molar-refractivity contribution in [3.8, 4) is 0 Å². The number of halogens is 1. The van der Waals surface area contributed by atoms with Gasteiger partial charge in [0, 0.05) is 18.1 Å². The summed E-state index contributed by atoms with van der Waals surface area (Å²) in [4.78, 5) is 7.12. The van der Waals surface area contributed by atoms with Crippen molar-refractivity contribution in [2.75, 3.05) is 18.1 Å². The summed E-state index contributed by atoms with van der Waals surface area (Å²) < 4.78 is 0. The predicted octanol–water partition coefficient (Wildman–Crippen LogP) is 4.78. The molecule has 26 heavy (non-hydrogen) atoms. The smallest absolute Gasteiger partial charge is 0.165 e. The van der Waals surface area contributed by atoms with Crippen LogP contribution in [0.4, 0.5) is 5.69 Å². The van der Waals surface area contributed by atoms with Crippen molar-refractivity contribution in [3.05, 3.63) is 65.2 Å². The number of thioether (sulfide) groups is 1. The number of amidine groups is 2. The van der Waals surface area contributed by atoms with Crippen LogP contribution in [0.2, 0.25) is 5.02 Å². The minimum atomic E-state index is 0.143. The van der Waals surface area contributed by atoms with Crippen molar-refractivity contribution in [2.24, 2.45) is 10.1 Å². The van der Waals surface area contributed by atoms with Gasteiger partial charge in [-0.2, -0.15) is 5.10 Å². The zero-order valence-electron chi connectivity index (χ0n) is 14.3. The molecule has 3 aliphatic heterocycles. The molecule has 0 aliphatic carbocycles. The lowest BCUT2D eigenvalue weighted by molar-refractivity contribution is 0.587. The van der Waals surface area contributed by atoms with Crippen LogP contribution in [0.3, 0.4) is 0 Å². The molecule has 1 fully saturated rings. The van der Waals surface area contributed by atoms with Gasteiger partial charge in [-0.1, -0.05) is 53.7 Å². The van der Waals surface area contributed by atoms with E-state index in [-0.39, 0.29) is 11.3 Å². The van der Waals surface area contributed by atoms with Crippen molar-refractivity contribution in [2.45, 2.75) is 24.1 Å². The molecule has 3 heterocycles. The Morgan fingerprint density at radius 2 is 1.81 bits per heavy atom. The molecule has 0 aromatic heterocycles. The molecular formula is C20H19ClN4S. The van der Waals surface area contributed by atoms with Gasteiger partial charge in [0.05, 0.1) is 17.0 Å². The summed E-state index contributed by atoms with van der Waals surface area (Å²) in [6.45, 7) is 1.93. The van der Waals surface area contributed by atoms with E-state index in [0.717, 1.165) is 47.6 Å². The summed E-state index contributed by atoms with van der Waals surface area (Å²) in [5.74, 6) is 1.14. The molecule has 6 heteroatoms. The zero-order valence-corrected chi connectivity index (χ0v) is 15.8. The van der Waals surface area contributed by atoms with Crippen molar-refractivity contribution in [1.82, 2.24) is 4.90 Å². The second kappa shape index (κ2) is 6.63. The minimum absolute atomic E-state index is 0.143. The summed E-state index contributed by atoms with van der Waals surface area (Å²) in [6, 6.07) is 18.7. The molecule has 2 atom stereocenters. The maximum Gasteiger partial charge on any atom is 0.165 e. The number of nitrogens with zero attached hydrogens (tertiary/aromatic N) is 4. The number of anilines is 1. The van der Waals surface area contributed by atoms with Crippen molar-refractivity contribution >= 4 is 40.1 Å². The summed E-state index contributed by atoms with van der Waals surface area (Å²) in [7, 11) is 0. The number of fused-ring (bicyclic) bond motifs is 3. The molecule has 2 aromatic rings. The fourth-order valence-electron chi connectivity index (χ4n) is 3.76. The first-order valence-corrected chi connectivity index (χ1v) is 10.2. The largest absolute Gasteiger partial charge is 0.307 e. The molecule has 2 unspecified atom stereocenters. The first kappa shape index (κ1) is 16.2. The standard InChI is InChI=1S/C20H19ClN4S/c21-15-10-8-14(9-11-15)17-18-19(23-25(17)16-6-2-1-3-7-16)24-13-5-4-12-22-20(24)26-18/h1-3,6-11,17-18H,4-5,12-13H2. The van der Waals surface area contributed by atoms with Gasteiger partial charge in [0.25, 0.3) is 0 Å². The highest BCUT2D eigenvalue weighted by Crippen LogP contribution is 2.46. The minimum Gasteiger partial charge on any atom is -0.307 e. The molecule has 0 spiro atoms. The third-order valence-electron chi connectivity index (χ3n) is 5.02. The zero-order chi connectivity index (χ0) is 17.5. The van der Waals surface area contributed by atoms with Crippen LogP contribution >= 0.6 is 23.4 Å². The molecule has 2 aromatic carbocycles. The molecule has 5 rings (SSSR count). The fraction of sp³-hybridized carbons (Fsp3) is 0.300. The van der Waals surface area contributed by atoms with Crippen LogP contribution in [-0.2, 0) is 0 Å². The Labute approximate surface area is 162 Å². The number of hydrogen-bond acceptors (Lipinski definition) is 5. The van der Waals surface area contributed by atoms with Gasteiger partial charge in [0.1, 0.15) is 5.84 Å². The molecular weight excluding hydrogens is 364 g/mol. The Morgan fingerprint density at radius 1 is 1.00 bits per heavy atom. The van der Waals surface area contributed by atoms with Crippen LogP contribution in [0, 0.1) is 0 Å². The van der Waals surface area contributed by atoms with Gasteiger partial charge in [-0.15, -0.1) is 0 Å². The number of rotatable bonds is 2. The Bertz CT molecular complexity index is 865. The molecule has 4 nitrogen and oxygen atoms in total. The first-order chi connectivity index (χ1) is 12.8. The van der Waals surface area contributed by atoms with Crippen LogP contribution in [-0.4, -0.2) is 34.2 Å². The lowest BCUT2D eigenvalue weighted by Crippen LogP contribution is -2.31. The summed E-state index contributed by atoms with van der Waals surface area (Å²) in [5, 5.41) is 9.39. The lowest BCUT2D eigenvalue weighted by Gasteiger charge is -2.27. The van der Waals surface area contributed by atoms with Gasteiger partial charge in [-0.25, -0.2) is 0 Å². The van der Waals surface area contributed by atoms with E-state index in [1.165, 1.54) is 5.56 Å². The monoisotopic (exact) mass is 382 g/mol. The SMILES string of the molecule is Clc1ccc(C2C3SC4=NCCCCN4C3=NN2c2ccccc2)cc1. The van der Waals surface area contributed by atoms with Crippen LogP contribution in [0.15, 0.2) is 64.7 Å². The maximum atomic E-state index is 6.13. The summed E-state index contributed by atoms with van der Waals surface area (Å²) in [5.41, 5.74) is 2.34. The van der Waals surface area contributed by atoms with Crippen molar-refractivity contribution in [3.63, 3.8) is 0 Å². The van der Waals surface area contributed by atoms with E-state index in [1.54, 1.807) is 0 Å². The van der Waals surface area contributed by atoms with E-state index >= 15 is 0 Å². The van der Waals surface area contributed by atoms with E-state index in [1.807, 2.05) is 30.0 Å². The molecule has 0 N–H and O–H groups in total. The quantitative estimate of drug-likeness (QED) is 0.748. The van der Waals surface area contributed by atoms with E-state index in [4.69, 9.17) is 21.7 Å². The number of hydrogen-bond donors (Lipinski definition) is 0. The van der Waals surface area contributed by atoms with Gasteiger partial charge < -0.3 is 4.90 Å². The number of aliphatic imine (C=N–C) groups is 1. The molecule has 3 aliphatic rings. The lowest BCUT2D eigenvalue weighted by atomic mass is 10.0. The fourth-order valence-corrected chi connectivity index (χ4v) is 5.28.